The van der Waals surface area contributed by atoms with Crippen molar-refractivity contribution >= 4 is 17.5 Å². The van der Waals surface area contributed by atoms with E-state index in [1.807, 2.05) is 43.3 Å². The molecule has 2 aromatic carbocycles. The first-order chi connectivity index (χ1) is 9.65. The number of rotatable bonds is 2. The average molecular weight is 263 g/mol. The van der Waals surface area contributed by atoms with Crippen LogP contribution in [-0.4, -0.2) is 11.8 Å². The number of carbonyl (C=O) groups excluding carboxylic acids is 2. The van der Waals surface area contributed by atoms with E-state index in [9.17, 15) is 9.59 Å². The van der Waals surface area contributed by atoms with Gasteiger partial charge in [0.15, 0.2) is 0 Å². The molecule has 0 spiro atoms. The normalized spacial score (nSPS) is 14.2. The Bertz CT molecular complexity index is 713. The van der Waals surface area contributed by atoms with Gasteiger partial charge in [-0.15, -0.1) is 0 Å². The third-order valence-corrected chi connectivity index (χ3v) is 3.27. The summed E-state index contributed by atoms with van der Waals surface area (Å²) in [7, 11) is 0. The molecule has 0 saturated carbocycles. The molecule has 0 bridgehead atoms. The van der Waals surface area contributed by atoms with Crippen molar-refractivity contribution in [1.29, 1.82) is 0 Å². The third-order valence-electron chi connectivity index (χ3n) is 3.27. The molecule has 1 aliphatic rings. The second-order valence-electron chi connectivity index (χ2n) is 4.77. The molecular formula is C17H13NO2. The van der Waals surface area contributed by atoms with E-state index in [0.717, 1.165) is 11.1 Å². The Morgan fingerprint density at radius 2 is 1.40 bits per heavy atom. The van der Waals surface area contributed by atoms with Crippen LogP contribution in [0.4, 0.5) is 5.69 Å². The van der Waals surface area contributed by atoms with Crippen molar-refractivity contribution < 1.29 is 9.59 Å². The summed E-state index contributed by atoms with van der Waals surface area (Å²) in [4.78, 5) is 24.6. The highest BCUT2D eigenvalue weighted by molar-refractivity contribution is 6.28. The predicted octanol–water partition coefficient (Wildman–Crippen LogP) is 3.09. The van der Waals surface area contributed by atoms with Gasteiger partial charge in [-0.2, -0.15) is 0 Å². The van der Waals surface area contributed by atoms with Crippen molar-refractivity contribution in [3.05, 3.63) is 66.2 Å². The maximum absolute atomic E-state index is 11.7. The fraction of sp³-hybridized carbons (Fsp3) is 0.0588. The molecule has 98 valence electrons. The van der Waals surface area contributed by atoms with E-state index in [1.165, 1.54) is 22.6 Å². The first-order valence-corrected chi connectivity index (χ1v) is 6.38. The molecule has 0 fully saturated rings. The molecule has 1 aliphatic heterocycles. The zero-order valence-corrected chi connectivity index (χ0v) is 11.0. The van der Waals surface area contributed by atoms with Crippen LogP contribution < -0.4 is 4.90 Å². The van der Waals surface area contributed by atoms with Crippen molar-refractivity contribution in [3.63, 3.8) is 0 Å². The second-order valence-corrected chi connectivity index (χ2v) is 4.77. The molecule has 0 saturated heterocycles. The molecule has 0 aliphatic carbocycles. The van der Waals surface area contributed by atoms with Gasteiger partial charge < -0.3 is 0 Å². The fourth-order valence-electron chi connectivity index (χ4n) is 2.30. The van der Waals surface area contributed by atoms with Gasteiger partial charge in [0.05, 0.1) is 5.69 Å². The minimum absolute atomic E-state index is 0.295. The molecular weight excluding hydrogens is 250 g/mol. The quantitative estimate of drug-likeness (QED) is 0.781. The lowest BCUT2D eigenvalue weighted by Gasteiger charge is -2.15. The maximum atomic E-state index is 11.7. The summed E-state index contributed by atoms with van der Waals surface area (Å²) in [5.41, 5.74) is 3.82. The van der Waals surface area contributed by atoms with Crippen LogP contribution in [0.2, 0.25) is 0 Å². The van der Waals surface area contributed by atoms with Crippen LogP contribution in [0.3, 0.4) is 0 Å². The molecule has 0 unspecified atom stereocenters. The van der Waals surface area contributed by atoms with Gasteiger partial charge in [-0.3, -0.25) is 9.59 Å². The Labute approximate surface area is 117 Å². The molecule has 3 heteroatoms. The Balaban J connectivity index is 2.02. The molecule has 1 heterocycles. The standard InChI is InChI=1S/C17H13NO2/c1-12-4-2-5-13(10-12)14-6-3-7-15(11-14)18-16(19)8-9-17(18)20/h2-11H,1H3. The zero-order chi connectivity index (χ0) is 14.1. The number of nitrogens with zero attached hydrogens (tertiary/aromatic N) is 1. The molecule has 2 amide bonds. The van der Waals surface area contributed by atoms with Crippen molar-refractivity contribution in [3.8, 4) is 11.1 Å². The van der Waals surface area contributed by atoms with E-state index in [0.29, 0.717) is 5.69 Å². The second kappa shape index (κ2) is 4.78. The van der Waals surface area contributed by atoms with Crippen LogP contribution in [0, 0.1) is 6.92 Å². The van der Waals surface area contributed by atoms with Gasteiger partial charge in [0.2, 0.25) is 0 Å². The zero-order valence-electron chi connectivity index (χ0n) is 11.0. The fourth-order valence-corrected chi connectivity index (χ4v) is 2.30. The minimum atomic E-state index is -0.295. The highest BCUT2D eigenvalue weighted by atomic mass is 16.2. The monoisotopic (exact) mass is 263 g/mol. The van der Waals surface area contributed by atoms with Crippen LogP contribution in [0.1, 0.15) is 5.56 Å². The van der Waals surface area contributed by atoms with Crippen molar-refractivity contribution in [1.82, 2.24) is 0 Å². The number of hydrogen-bond donors (Lipinski definition) is 0. The highest BCUT2D eigenvalue weighted by Crippen LogP contribution is 2.26. The van der Waals surface area contributed by atoms with E-state index in [1.54, 1.807) is 6.07 Å². The van der Waals surface area contributed by atoms with E-state index >= 15 is 0 Å². The summed E-state index contributed by atoms with van der Waals surface area (Å²) in [6, 6.07) is 15.6. The maximum Gasteiger partial charge on any atom is 0.258 e. The van der Waals surface area contributed by atoms with E-state index in [4.69, 9.17) is 0 Å². The molecule has 0 N–H and O–H groups in total. The molecule has 20 heavy (non-hydrogen) atoms. The topological polar surface area (TPSA) is 37.4 Å². The van der Waals surface area contributed by atoms with Gasteiger partial charge in [0.25, 0.3) is 11.8 Å². The van der Waals surface area contributed by atoms with Gasteiger partial charge in [-0.05, 0) is 30.2 Å². The third kappa shape index (κ3) is 2.14. The molecule has 3 rings (SSSR count). The van der Waals surface area contributed by atoms with Crippen LogP contribution in [-0.2, 0) is 9.59 Å². The largest absolute Gasteiger partial charge is 0.269 e. The Morgan fingerprint density at radius 1 is 0.800 bits per heavy atom. The van der Waals surface area contributed by atoms with Crippen molar-refractivity contribution in [2.24, 2.45) is 0 Å². The van der Waals surface area contributed by atoms with Crippen LogP contribution in [0.5, 0.6) is 0 Å². The van der Waals surface area contributed by atoms with Gasteiger partial charge in [0, 0.05) is 12.2 Å². The van der Waals surface area contributed by atoms with Crippen LogP contribution in [0.15, 0.2) is 60.7 Å². The van der Waals surface area contributed by atoms with Crippen molar-refractivity contribution in [2.45, 2.75) is 6.92 Å². The Hall–Kier alpha value is -2.68. The number of amides is 2. The Kier molecular flexibility index (Phi) is 2.95. The first-order valence-electron chi connectivity index (χ1n) is 6.38. The van der Waals surface area contributed by atoms with Crippen LogP contribution >= 0.6 is 0 Å². The molecule has 0 aromatic heterocycles. The van der Waals surface area contributed by atoms with Gasteiger partial charge in [0.1, 0.15) is 0 Å². The smallest absolute Gasteiger partial charge is 0.258 e. The first kappa shape index (κ1) is 12.4. The summed E-state index contributed by atoms with van der Waals surface area (Å²) < 4.78 is 0. The number of aryl methyl sites for hydroxylation is 1. The lowest BCUT2D eigenvalue weighted by molar-refractivity contribution is -0.119. The van der Waals surface area contributed by atoms with Crippen LogP contribution in [0.25, 0.3) is 11.1 Å². The number of hydrogen-bond acceptors (Lipinski definition) is 2. The summed E-state index contributed by atoms with van der Waals surface area (Å²) in [6.07, 6.45) is 2.59. The van der Waals surface area contributed by atoms with E-state index < -0.39 is 0 Å². The van der Waals surface area contributed by atoms with E-state index in [-0.39, 0.29) is 11.8 Å². The average Bonchev–Trinajstić information content (AvgIpc) is 2.78. The Morgan fingerprint density at radius 3 is 2.05 bits per heavy atom. The van der Waals surface area contributed by atoms with E-state index in [2.05, 4.69) is 6.07 Å². The number of carbonyl (C=O) groups is 2. The SMILES string of the molecule is Cc1cccc(-c2cccc(N3C(=O)C=CC3=O)c2)c1. The summed E-state index contributed by atoms with van der Waals surface area (Å²) in [5, 5.41) is 0. The lowest BCUT2D eigenvalue weighted by Crippen LogP contribution is -2.29. The predicted molar refractivity (Wildman–Crippen MR) is 78.2 cm³/mol. The van der Waals surface area contributed by atoms with Crippen molar-refractivity contribution in [2.75, 3.05) is 4.90 Å². The van der Waals surface area contributed by atoms with Gasteiger partial charge in [-0.1, -0.05) is 42.0 Å². The summed E-state index contributed by atoms with van der Waals surface area (Å²) in [5.74, 6) is -0.590. The highest BCUT2D eigenvalue weighted by Gasteiger charge is 2.25. The lowest BCUT2D eigenvalue weighted by atomic mass is 10.0. The molecule has 0 atom stereocenters. The molecule has 3 nitrogen and oxygen atoms in total. The van der Waals surface area contributed by atoms with Gasteiger partial charge >= 0.3 is 0 Å². The minimum Gasteiger partial charge on any atom is -0.269 e. The number of anilines is 1. The number of imide groups is 1. The summed E-state index contributed by atoms with van der Waals surface area (Å²) in [6.45, 7) is 2.03. The summed E-state index contributed by atoms with van der Waals surface area (Å²) >= 11 is 0. The van der Waals surface area contributed by atoms with Gasteiger partial charge in [-0.25, -0.2) is 4.90 Å². The number of benzene rings is 2. The molecule has 0 radical (unpaired) electrons. The molecule has 2 aromatic rings.